The van der Waals surface area contributed by atoms with E-state index in [-0.39, 0.29) is 17.9 Å². The molecule has 0 aliphatic heterocycles. The molecule has 0 unspecified atom stereocenters. The standard InChI is InChI=1S/C11H13NO2/c1-14-11(13)9-6-7-4-2-3-5-8(7)10(9)12/h2-5,9-10H,6,12H2,1H3/t9-,10-/m0/s1. The van der Waals surface area contributed by atoms with Crippen LogP contribution in [0.1, 0.15) is 17.2 Å². The lowest BCUT2D eigenvalue weighted by Crippen LogP contribution is -2.25. The molecule has 0 fully saturated rings. The predicted molar refractivity (Wildman–Crippen MR) is 52.6 cm³/mol. The second kappa shape index (κ2) is 3.42. The Balaban J connectivity index is 2.30. The molecule has 2 N–H and O–H groups in total. The van der Waals surface area contributed by atoms with Gasteiger partial charge in [0, 0.05) is 6.04 Å². The zero-order valence-corrected chi connectivity index (χ0v) is 8.07. The van der Waals surface area contributed by atoms with E-state index in [0.717, 1.165) is 11.1 Å². The van der Waals surface area contributed by atoms with Crippen LogP contribution in [0.2, 0.25) is 0 Å². The van der Waals surface area contributed by atoms with Crippen LogP contribution in [-0.2, 0) is 16.0 Å². The van der Waals surface area contributed by atoms with Gasteiger partial charge in [-0.05, 0) is 17.5 Å². The molecule has 0 aromatic heterocycles. The Morgan fingerprint density at radius 2 is 2.21 bits per heavy atom. The molecule has 0 bridgehead atoms. The summed E-state index contributed by atoms with van der Waals surface area (Å²) in [6.07, 6.45) is 0.698. The number of esters is 1. The molecule has 0 saturated carbocycles. The molecular weight excluding hydrogens is 178 g/mol. The maximum Gasteiger partial charge on any atom is 0.310 e. The average Bonchev–Trinajstić information content (AvgIpc) is 2.56. The Hall–Kier alpha value is -1.35. The largest absolute Gasteiger partial charge is 0.469 e. The highest BCUT2D eigenvalue weighted by atomic mass is 16.5. The highest BCUT2D eigenvalue weighted by Crippen LogP contribution is 2.34. The van der Waals surface area contributed by atoms with Crippen LogP contribution in [0, 0.1) is 5.92 Å². The second-order valence-electron chi connectivity index (χ2n) is 3.56. The molecule has 2 atom stereocenters. The lowest BCUT2D eigenvalue weighted by Gasteiger charge is -2.12. The summed E-state index contributed by atoms with van der Waals surface area (Å²) in [4.78, 5) is 11.4. The van der Waals surface area contributed by atoms with Crippen molar-refractivity contribution in [3.63, 3.8) is 0 Å². The van der Waals surface area contributed by atoms with E-state index in [9.17, 15) is 4.79 Å². The number of benzene rings is 1. The van der Waals surface area contributed by atoms with E-state index < -0.39 is 0 Å². The van der Waals surface area contributed by atoms with Gasteiger partial charge in [0.05, 0.1) is 13.0 Å². The van der Waals surface area contributed by atoms with Crippen LogP contribution in [0.3, 0.4) is 0 Å². The van der Waals surface area contributed by atoms with Gasteiger partial charge in [-0.2, -0.15) is 0 Å². The maximum atomic E-state index is 11.4. The van der Waals surface area contributed by atoms with Crippen LogP contribution in [0.15, 0.2) is 24.3 Å². The molecule has 0 spiro atoms. The van der Waals surface area contributed by atoms with Crippen molar-refractivity contribution in [2.75, 3.05) is 7.11 Å². The highest BCUT2D eigenvalue weighted by molar-refractivity contribution is 5.75. The van der Waals surface area contributed by atoms with Gasteiger partial charge in [0.15, 0.2) is 0 Å². The minimum Gasteiger partial charge on any atom is -0.469 e. The summed E-state index contributed by atoms with van der Waals surface area (Å²) in [6.45, 7) is 0. The fourth-order valence-electron chi connectivity index (χ4n) is 2.01. The highest BCUT2D eigenvalue weighted by Gasteiger charge is 2.35. The quantitative estimate of drug-likeness (QED) is 0.674. The molecule has 2 rings (SSSR count). The van der Waals surface area contributed by atoms with Crippen LogP contribution in [-0.4, -0.2) is 13.1 Å². The first-order valence-corrected chi connectivity index (χ1v) is 4.65. The van der Waals surface area contributed by atoms with Gasteiger partial charge in [-0.1, -0.05) is 24.3 Å². The van der Waals surface area contributed by atoms with Crippen molar-refractivity contribution in [1.82, 2.24) is 0 Å². The molecular formula is C11H13NO2. The van der Waals surface area contributed by atoms with Crippen LogP contribution in [0.25, 0.3) is 0 Å². The molecule has 1 aliphatic rings. The van der Waals surface area contributed by atoms with Gasteiger partial charge in [-0.25, -0.2) is 0 Å². The Kier molecular flexibility index (Phi) is 2.25. The van der Waals surface area contributed by atoms with Gasteiger partial charge >= 0.3 is 5.97 Å². The number of rotatable bonds is 1. The summed E-state index contributed by atoms with van der Waals surface area (Å²) in [5, 5.41) is 0. The van der Waals surface area contributed by atoms with E-state index in [1.807, 2.05) is 24.3 Å². The van der Waals surface area contributed by atoms with E-state index in [2.05, 4.69) is 0 Å². The summed E-state index contributed by atoms with van der Waals surface area (Å²) in [7, 11) is 1.40. The molecule has 1 aromatic rings. The van der Waals surface area contributed by atoms with Gasteiger partial charge in [0.25, 0.3) is 0 Å². The SMILES string of the molecule is COC(=O)[C@H]1Cc2ccccc2[C@@H]1N. The maximum absolute atomic E-state index is 11.4. The Labute approximate surface area is 82.9 Å². The van der Waals surface area contributed by atoms with Crippen LogP contribution < -0.4 is 5.73 Å². The topological polar surface area (TPSA) is 52.3 Å². The Bertz CT molecular complexity index is 362. The number of hydrogen-bond acceptors (Lipinski definition) is 3. The van der Waals surface area contributed by atoms with Crippen molar-refractivity contribution in [1.29, 1.82) is 0 Å². The van der Waals surface area contributed by atoms with E-state index in [1.165, 1.54) is 7.11 Å². The summed E-state index contributed by atoms with van der Waals surface area (Å²) in [5.74, 6) is -0.425. The van der Waals surface area contributed by atoms with Crippen LogP contribution in [0.5, 0.6) is 0 Å². The lowest BCUT2D eigenvalue weighted by atomic mass is 10.0. The van der Waals surface area contributed by atoms with Crippen molar-refractivity contribution in [2.24, 2.45) is 11.7 Å². The summed E-state index contributed by atoms with van der Waals surface area (Å²) >= 11 is 0. The predicted octanol–water partition coefficient (Wildman–Crippen LogP) is 1.03. The molecule has 0 amide bonds. The number of carbonyl (C=O) groups is 1. The summed E-state index contributed by atoms with van der Waals surface area (Å²) in [5.41, 5.74) is 8.20. The zero-order valence-electron chi connectivity index (χ0n) is 8.07. The lowest BCUT2D eigenvalue weighted by molar-refractivity contribution is -0.145. The third kappa shape index (κ3) is 1.30. The molecule has 1 aromatic carbocycles. The average molecular weight is 191 g/mol. The number of nitrogens with two attached hydrogens (primary N) is 1. The number of methoxy groups -OCH3 is 1. The number of ether oxygens (including phenoxy) is 1. The summed E-state index contributed by atoms with van der Waals surface area (Å²) < 4.78 is 4.72. The third-order valence-electron chi connectivity index (χ3n) is 2.79. The first kappa shape index (κ1) is 9.21. The van der Waals surface area contributed by atoms with Gasteiger partial charge in [0.1, 0.15) is 0 Å². The monoisotopic (exact) mass is 191 g/mol. The molecule has 1 aliphatic carbocycles. The number of carbonyl (C=O) groups excluding carboxylic acids is 1. The van der Waals surface area contributed by atoms with Crippen LogP contribution in [0.4, 0.5) is 0 Å². The van der Waals surface area contributed by atoms with Gasteiger partial charge in [-0.3, -0.25) is 4.79 Å². The van der Waals surface area contributed by atoms with E-state index in [0.29, 0.717) is 6.42 Å². The zero-order chi connectivity index (χ0) is 10.1. The fourth-order valence-corrected chi connectivity index (χ4v) is 2.01. The molecule has 0 radical (unpaired) electrons. The van der Waals surface area contributed by atoms with E-state index >= 15 is 0 Å². The second-order valence-corrected chi connectivity index (χ2v) is 3.56. The van der Waals surface area contributed by atoms with Gasteiger partial charge < -0.3 is 10.5 Å². The smallest absolute Gasteiger partial charge is 0.310 e. The van der Waals surface area contributed by atoms with Crippen LogP contribution >= 0.6 is 0 Å². The first-order valence-electron chi connectivity index (χ1n) is 4.65. The van der Waals surface area contributed by atoms with E-state index in [4.69, 9.17) is 10.5 Å². The molecule has 14 heavy (non-hydrogen) atoms. The fraction of sp³-hybridized carbons (Fsp3) is 0.364. The molecule has 3 nitrogen and oxygen atoms in total. The number of fused-ring (bicyclic) bond motifs is 1. The third-order valence-corrected chi connectivity index (χ3v) is 2.79. The normalized spacial score (nSPS) is 24.4. The van der Waals surface area contributed by atoms with Crippen molar-refractivity contribution in [3.05, 3.63) is 35.4 Å². The Morgan fingerprint density at radius 1 is 1.50 bits per heavy atom. The first-order chi connectivity index (χ1) is 6.74. The van der Waals surface area contributed by atoms with Gasteiger partial charge in [-0.15, -0.1) is 0 Å². The minimum absolute atomic E-state index is 0.210. The van der Waals surface area contributed by atoms with Crippen molar-refractivity contribution in [3.8, 4) is 0 Å². The molecule has 0 heterocycles. The molecule has 74 valence electrons. The Morgan fingerprint density at radius 3 is 2.86 bits per heavy atom. The minimum atomic E-state index is -0.214. The number of hydrogen-bond donors (Lipinski definition) is 1. The van der Waals surface area contributed by atoms with Crippen molar-refractivity contribution in [2.45, 2.75) is 12.5 Å². The van der Waals surface area contributed by atoms with Crippen molar-refractivity contribution >= 4 is 5.97 Å². The summed E-state index contributed by atoms with van der Waals surface area (Å²) in [6, 6.07) is 7.68. The van der Waals surface area contributed by atoms with Gasteiger partial charge in [0.2, 0.25) is 0 Å². The molecule has 0 saturated heterocycles. The molecule has 3 heteroatoms. The van der Waals surface area contributed by atoms with E-state index in [1.54, 1.807) is 0 Å². The van der Waals surface area contributed by atoms with Crippen molar-refractivity contribution < 1.29 is 9.53 Å².